The lowest BCUT2D eigenvalue weighted by atomic mass is 10.1. The van der Waals surface area contributed by atoms with Gasteiger partial charge in [-0.2, -0.15) is 0 Å². The maximum atomic E-state index is 13.0. The molecule has 2 amide bonds. The zero-order chi connectivity index (χ0) is 107. The molecule has 5 aromatic heterocycles. The van der Waals surface area contributed by atoms with Gasteiger partial charge in [-0.3, -0.25) is 9.59 Å². The third kappa shape index (κ3) is 32.6. The number of halogens is 1. The topological polar surface area (TPSA) is 405 Å². The third-order valence-electron chi connectivity index (χ3n) is 24.0. The number of imidazole rings is 5. The highest BCUT2D eigenvalue weighted by Crippen LogP contribution is 2.42. The molecule has 149 heavy (non-hydrogen) atoms. The fourth-order valence-corrected chi connectivity index (χ4v) is 19.4. The number of carboxylic acids is 1. The van der Waals surface area contributed by atoms with Crippen LogP contribution < -0.4 is 48.9 Å². The van der Waals surface area contributed by atoms with Crippen molar-refractivity contribution in [2.24, 2.45) is 0 Å². The number of fused-ring (bicyclic) bond motifs is 5. The molecule has 0 fully saturated rings. The minimum absolute atomic E-state index is 0.0392. The number of hydrogen-bond donors (Lipinski definition) is 11. The van der Waals surface area contributed by atoms with Crippen molar-refractivity contribution < 1.29 is 76.2 Å². The van der Waals surface area contributed by atoms with E-state index < -0.39 is 22.6 Å². The van der Waals surface area contributed by atoms with Crippen molar-refractivity contribution in [2.75, 3.05) is 66.1 Å². The number of rotatable bonds is 29. The normalized spacial score (nSPS) is 11.1. The summed E-state index contributed by atoms with van der Waals surface area (Å²) in [6, 6.07) is 87.2. The van der Waals surface area contributed by atoms with E-state index in [1.807, 2.05) is 212 Å². The number of aromatic carboxylic acids is 1. The molecule has 0 atom stereocenters. The monoisotopic (exact) mass is 2200 g/mol. The van der Waals surface area contributed by atoms with Crippen molar-refractivity contribution in [3.63, 3.8) is 0 Å². The summed E-state index contributed by atoms with van der Waals surface area (Å²) in [5, 5.41) is 28.8. The number of carbonyl (C=O) groups excluding carboxylic acids is 4. The average molecular weight is 2200 g/mol. The fraction of sp³-hybridized carbons (Fsp3) is 0.214. The molecule has 18 aromatic rings. The van der Waals surface area contributed by atoms with Crippen molar-refractivity contribution in [1.82, 2.24) is 49.8 Å². The number of nitrogens with zero attached hydrogens (tertiary/aromatic N) is 4. The van der Waals surface area contributed by atoms with Gasteiger partial charge in [-0.1, -0.05) is 202 Å². The predicted octanol–water partition coefficient (Wildman–Crippen LogP) is 27.8. The Balaban J connectivity index is 0.000000159. The quantitative estimate of drug-likeness (QED) is 0.00394. The number of alkyl halides is 1. The lowest BCUT2D eigenvalue weighted by Gasteiger charge is -2.37. The van der Waals surface area contributed by atoms with E-state index in [0.717, 1.165) is 172 Å². The summed E-state index contributed by atoms with van der Waals surface area (Å²) in [7, 11) is 7.17. The van der Waals surface area contributed by atoms with Gasteiger partial charge in [0.1, 0.15) is 46.0 Å². The first kappa shape index (κ1) is 113. The van der Waals surface area contributed by atoms with E-state index in [1.165, 1.54) is 20.3 Å². The van der Waals surface area contributed by atoms with Crippen LogP contribution in [0.5, 0.6) is 46.0 Å². The van der Waals surface area contributed by atoms with Crippen LogP contribution in [0, 0.1) is 4.77 Å². The van der Waals surface area contributed by atoms with Crippen LogP contribution in [0.3, 0.4) is 0 Å². The smallest absolute Gasteiger partial charge is 0.337 e. The number of phenols is 1. The Hall–Kier alpha value is -14.7. The summed E-state index contributed by atoms with van der Waals surface area (Å²) >= 11 is 14.7. The van der Waals surface area contributed by atoms with Gasteiger partial charge in [0.2, 0.25) is 0 Å². The molecular formula is C112H120BrN13O16S5Si2. The molecule has 18 rings (SSSR count). The van der Waals surface area contributed by atoms with Crippen molar-refractivity contribution in [3.8, 4) is 46.0 Å². The lowest BCUT2D eigenvalue weighted by Crippen LogP contribution is -2.44. The Kier molecular flexibility index (Phi) is 40.4. The summed E-state index contributed by atoms with van der Waals surface area (Å²) in [5.41, 5.74) is 25.1. The largest absolute Gasteiger partial charge is 0.542 e. The second-order valence-electron chi connectivity index (χ2n) is 36.4. The van der Waals surface area contributed by atoms with Gasteiger partial charge in [0.05, 0.1) is 139 Å². The summed E-state index contributed by atoms with van der Waals surface area (Å²) in [6.45, 7) is 22.1. The number of ether oxygens (including phenoxy) is 7. The molecule has 0 spiro atoms. The van der Waals surface area contributed by atoms with Gasteiger partial charge in [0, 0.05) is 69.8 Å². The summed E-state index contributed by atoms with van der Waals surface area (Å²) in [6.07, 6.45) is 0. The highest BCUT2D eigenvalue weighted by Gasteiger charge is 2.41. The maximum absolute atomic E-state index is 13.0. The van der Waals surface area contributed by atoms with E-state index in [-0.39, 0.29) is 39.6 Å². The highest BCUT2D eigenvalue weighted by atomic mass is 79.9. The third-order valence-corrected chi connectivity index (χ3v) is 37.3. The van der Waals surface area contributed by atoms with Crippen LogP contribution in [0.25, 0.3) is 55.2 Å². The highest BCUT2D eigenvalue weighted by molar-refractivity contribution is 9.08. The maximum Gasteiger partial charge on any atom is 0.337 e. The number of nitrogens with one attached hydrogen (secondary N) is 8. The molecule has 5 heterocycles. The van der Waals surface area contributed by atoms with Crippen LogP contribution in [0.2, 0.25) is 36.3 Å². The number of carboxylic acid groups (broad SMARTS) is 1. The summed E-state index contributed by atoms with van der Waals surface area (Å²) in [5.74, 6) is 6.56. The minimum atomic E-state index is -2.04. The zero-order valence-electron chi connectivity index (χ0n) is 85.6. The number of para-hydroxylation sites is 6. The molecule has 0 aliphatic heterocycles. The van der Waals surface area contributed by atoms with E-state index in [9.17, 15) is 29.1 Å². The standard InChI is InChI=1S/C28H33N3O3SSi.C22H19N3O3S.C17H16N2O3S.C16H14N2O3S.C12H21NOSi.C9H9BrO2.C8H8N2OS/c1-28(2,3)36(5,6)34-25-10-8-7-9-23(25)29-26(32)20-13-11-19(12-14-20)18-35-27-30-22-16-15-21(33-4)17-24(22)31-27;1-28-16-10-11-17-19(12-16)25-22(24-17)29-13-14-6-8-15(9-7-14)21(27)23-18-4-2-3-5-20(18)26;1-21-13-7-8-14-15(9-13)19-17(18-14)23-10-11-3-5-12(6-4-11)16(20)22-2;1-21-12-6-7-13-14(8-12)18-16(17-13)22-9-10-2-4-11(5-3-10)15(19)20;1-12(2,3)15(4,5)14-11-9-7-6-8-10(11)13;1-12-9(11)8-4-2-7(6-10)3-5-8;1-11-5-2-3-6-7(4-5)10-8(12)9-6/h7-17H,18H2,1-6H3,(H,29,32)(H,30,31);2-12,26H,13H2,1H3,(H,23,27)(H,24,25);3-9H,10H2,1-2H3,(H,18,19);2-8H,9H2,1H3,(H,17,18)(H,19,20);6-9H,13H2,1-5H3;2-5H,6H2,1H3;2-4H,1H3,(H2,9,10,12). The molecule has 12 N–H and O–H groups in total. The molecule has 0 radical (unpaired) electrons. The summed E-state index contributed by atoms with van der Waals surface area (Å²) < 4.78 is 48.4. The SMILES string of the molecule is CC(C)(C)[Si](C)(C)Oc1ccccc1N.COC(=O)c1ccc(CBr)cc1.COC(=O)c1ccc(CSc2nc3ccc(OC)cc3[nH]2)cc1.COc1ccc2[nH]c(=S)[nH]c2c1.COc1ccc2nc(SCc3ccc(C(=O)Nc4ccccc4O)cc3)[nH]c2c1.COc1ccc2nc(SCc3ccc(C(=O)Nc4ccccc4O[Si](C)(C)C(C)(C)C)cc3)[nH]c2c1.COc1ccc2nc(SCc3ccc(C(=O)O)cc3)[nH]c2c1. The zero-order valence-corrected chi connectivity index (χ0v) is 93.2. The van der Waals surface area contributed by atoms with Crippen LogP contribution >= 0.6 is 75.2 Å². The van der Waals surface area contributed by atoms with Gasteiger partial charge in [0.25, 0.3) is 28.4 Å². The van der Waals surface area contributed by atoms with E-state index in [2.05, 4.69) is 154 Å². The lowest BCUT2D eigenvalue weighted by molar-refractivity contribution is 0.0592. The average Bonchev–Trinajstić information content (AvgIpc) is 1.61. The number of carbonyl (C=O) groups is 5. The van der Waals surface area contributed by atoms with Crippen LogP contribution in [-0.4, -0.2) is 156 Å². The Morgan fingerprint density at radius 2 is 0.658 bits per heavy atom. The second-order valence-corrected chi connectivity index (χ2v) is 50.7. The first-order chi connectivity index (χ1) is 71.3. The molecule has 0 unspecified atom stereocenters. The number of benzene rings is 13. The number of amides is 2. The van der Waals surface area contributed by atoms with Gasteiger partial charge >= 0.3 is 17.9 Å². The Bertz CT molecular complexity index is 7630. The number of H-pyrrole nitrogens is 6. The van der Waals surface area contributed by atoms with Crippen molar-refractivity contribution in [2.45, 2.75) is 127 Å². The molecule has 0 aliphatic carbocycles. The second kappa shape index (κ2) is 53.3. The van der Waals surface area contributed by atoms with Crippen molar-refractivity contribution in [1.29, 1.82) is 0 Å². The molecule has 29 nitrogen and oxygen atoms in total. The fourth-order valence-electron chi connectivity index (χ4n) is 13.4. The van der Waals surface area contributed by atoms with Gasteiger partial charge in [0.15, 0.2) is 25.4 Å². The van der Waals surface area contributed by atoms with Crippen molar-refractivity contribution >= 4 is 194 Å². The number of aromatic hydroxyl groups is 1. The van der Waals surface area contributed by atoms with Gasteiger partial charge in [-0.15, -0.1) is 0 Å². The van der Waals surface area contributed by atoms with Gasteiger partial charge in [-0.05, 0) is 234 Å². The number of aromatic nitrogens is 10. The predicted molar refractivity (Wildman–Crippen MR) is 610 cm³/mol. The van der Waals surface area contributed by atoms with E-state index in [0.29, 0.717) is 49.7 Å². The van der Waals surface area contributed by atoms with Gasteiger partial charge in [-0.25, -0.2) is 34.3 Å². The van der Waals surface area contributed by atoms with Crippen LogP contribution in [0.15, 0.2) is 306 Å². The van der Waals surface area contributed by atoms with E-state index in [4.69, 9.17) is 55.6 Å². The van der Waals surface area contributed by atoms with Crippen LogP contribution in [-0.2, 0) is 37.8 Å². The molecule has 0 saturated heterocycles. The van der Waals surface area contributed by atoms with Crippen LogP contribution in [0.4, 0.5) is 17.1 Å². The van der Waals surface area contributed by atoms with E-state index in [1.54, 1.807) is 149 Å². The van der Waals surface area contributed by atoms with E-state index >= 15 is 0 Å². The number of thioether (sulfide) groups is 4. The Morgan fingerprint density at radius 1 is 0.362 bits per heavy atom. The Morgan fingerprint density at radius 3 is 0.993 bits per heavy atom. The minimum Gasteiger partial charge on any atom is -0.542 e. The number of esters is 2. The molecule has 13 aromatic carbocycles. The molecule has 774 valence electrons. The Labute approximate surface area is 897 Å². The molecular weight excluding hydrogens is 2080 g/mol. The molecule has 0 bridgehead atoms. The number of phenolic OH excluding ortho intramolecular Hbond substituents is 1. The number of methoxy groups -OCH3 is 7. The number of aromatic amines is 6. The number of anilines is 3. The van der Waals surface area contributed by atoms with Crippen molar-refractivity contribution in [3.05, 3.63) is 346 Å². The molecule has 37 heteroatoms. The first-order valence-electron chi connectivity index (χ1n) is 46.9. The molecule has 0 saturated carbocycles. The number of nitrogens with two attached hydrogens (primary N) is 1. The number of hydrogen-bond acceptors (Lipinski definition) is 25. The molecule has 0 aliphatic rings. The number of nitrogen functional groups attached to an aromatic ring is 1. The first-order valence-corrected chi connectivity index (χ1v) is 58.2. The summed E-state index contributed by atoms with van der Waals surface area (Å²) in [4.78, 5) is 95.9. The van der Waals surface area contributed by atoms with Gasteiger partial charge < -0.3 is 98.5 Å². The van der Waals surface area contributed by atoms with Crippen LogP contribution in [0.1, 0.15) is 121 Å².